The number of rotatable bonds is 8. The average molecular weight is 439 g/mol. The van der Waals surface area contributed by atoms with E-state index in [2.05, 4.69) is 17.4 Å². The van der Waals surface area contributed by atoms with Crippen molar-refractivity contribution >= 4 is 35.6 Å². The largest absolute Gasteiger partial charge is 0.493 e. The number of ether oxygens (including phenoxy) is 2. The lowest BCUT2D eigenvalue weighted by molar-refractivity contribution is 0.284. The monoisotopic (exact) mass is 437 g/mol. The van der Waals surface area contributed by atoms with Gasteiger partial charge in [-0.3, -0.25) is 0 Å². The molecule has 3 rings (SSSR count). The van der Waals surface area contributed by atoms with Crippen molar-refractivity contribution in [3.05, 3.63) is 93.5 Å². The van der Waals surface area contributed by atoms with Crippen LogP contribution in [0.15, 0.2) is 66.7 Å². The Bertz CT molecular complexity index is 871. The van der Waals surface area contributed by atoms with Gasteiger partial charge in [0.2, 0.25) is 0 Å². The van der Waals surface area contributed by atoms with Gasteiger partial charge in [0.25, 0.3) is 0 Å². The second kappa shape index (κ2) is 11.2. The van der Waals surface area contributed by atoms with Crippen molar-refractivity contribution in [3.63, 3.8) is 0 Å². The molecule has 3 nitrogen and oxygen atoms in total. The summed E-state index contributed by atoms with van der Waals surface area (Å²) in [6.07, 6.45) is 0. The summed E-state index contributed by atoms with van der Waals surface area (Å²) < 4.78 is 11.4. The number of methoxy groups -OCH3 is 1. The molecule has 0 aliphatic rings. The van der Waals surface area contributed by atoms with E-state index in [1.165, 1.54) is 5.56 Å². The number of hydrogen-bond acceptors (Lipinski definition) is 3. The van der Waals surface area contributed by atoms with E-state index in [9.17, 15) is 0 Å². The first-order valence-corrected chi connectivity index (χ1v) is 9.39. The molecule has 28 heavy (non-hydrogen) atoms. The van der Waals surface area contributed by atoms with Crippen LogP contribution >= 0.6 is 35.6 Å². The van der Waals surface area contributed by atoms with Crippen LogP contribution in [0.4, 0.5) is 0 Å². The highest BCUT2D eigenvalue weighted by molar-refractivity contribution is 6.32. The van der Waals surface area contributed by atoms with Crippen molar-refractivity contribution in [2.45, 2.75) is 19.7 Å². The summed E-state index contributed by atoms with van der Waals surface area (Å²) in [6.45, 7) is 1.86. The fourth-order valence-electron chi connectivity index (χ4n) is 2.70. The number of halogens is 3. The standard InChI is InChI=1S/C22H21Cl2NO2.ClH/c1-26-21-12-18(14-25-13-16-5-3-2-4-6-16)11-20(24)22(21)27-15-17-7-9-19(23)10-8-17;/h2-12,25H,13-15H2,1H3;1H. The minimum absolute atomic E-state index is 0. The molecular formula is C22H22Cl3NO2. The molecule has 0 saturated carbocycles. The van der Waals surface area contributed by atoms with Crippen LogP contribution in [0.25, 0.3) is 0 Å². The van der Waals surface area contributed by atoms with E-state index in [1.807, 2.05) is 54.6 Å². The van der Waals surface area contributed by atoms with E-state index in [4.69, 9.17) is 32.7 Å². The summed E-state index contributed by atoms with van der Waals surface area (Å²) in [6, 6.07) is 21.6. The van der Waals surface area contributed by atoms with Gasteiger partial charge < -0.3 is 14.8 Å². The van der Waals surface area contributed by atoms with Crippen molar-refractivity contribution < 1.29 is 9.47 Å². The molecule has 3 aromatic carbocycles. The fraction of sp³-hybridized carbons (Fsp3) is 0.182. The Labute approximate surface area is 182 Å². The van der Waals surface area contributed by atoms with E-state index in [0.29, 0.717) is 34.7 Å². The molecule has 0 aliphatic heterocycles. The van der Waals surface area contributed by atoms with Gasteiger partial charge in [-0.15, -0.1) is 12.4 Å². The lowest BCUT2D eigenvalue weighted by atomic mass is 10.1. The van der Waals surface area contributed by atoms with E-state index in [-0.39, 0.29) is 12.4 Å². The van der Waals surface area contributed by atoms with Crippen LogP contribution in [-0.4, -0.2) is 7.11 Å². The quantitative estimate of drug-likeness (QED) is 0.448. The van der Waals surface area contributed by atoms with E-state index >= 15 is 0 Å². The second-order valence-electron chi connectivity index (χ2n) is 6.11. The normalized spacial score (nSPS) is 10.2. The van der Waals surface area contributed by atoms with Gasteiger partial charge in [-0.25, -0.2) is 0 Å². The first kappa shape index (κ1) is 22.4. The molecule has 0 unspecified atom stereocenters. The van der Waals surface area contributed by atoms with Crippen LogP contribution in [0.2, 0.25) is 10.0 Å². The summed E-state index contributed by atoms with van der Waals surface area (Å²) in [5.41, 5.74) is 3.27. The minimum atomic E-state index is 0. The molecule has 0 radical (unpaired) electrons. The Morgan fingerprint density at radius 2 is 1.50 bits per heavy atom. The summed E-state index contributed by atoms with van der Waals surface area (Å²) in [7, 11) is 1.61. The van der Waals surface area contributed by atoms with Crippen molar-refractivity contribution in [3.8, 4) is 11.5 Å². The molecule has 6 heteroatoms. The van der Waals surface area contributed by atoms with Gasteiger partial charge in [0.1, 0.15) is 6.61 Å². The number of benzene rings is 3. The first-order valence-electron chi connectivity index (χ1n) is 8.64. The molecule has 3 aromatic rings. The third kappa shape index (κ3) is 6.32. The predicted octanol–water partition coefficient (Wildman–Crippen LogP) is 6.29. The predicted molar refractivity (Wildman–Crippen MR) is 118 cm³/mol. The fourth-order valence-corrected chi connectivity index (χ4v) is 3.11. The molecular weight excluding hydrogens is 417 g/mol. The Kier molecular flexibility index (Phi) is 8.94. The molecule has 0 amide bonds. The second-order valence-corrected chi connectivity index (χ2v) is 6.96. The third-order valence-electron chi connectivity index (χ3n) is 4.09. The zero-order valence-corrected chi connectivity index (χ0v) is 17.8. The highest BCUT2D eigenvalue weighted by Crippen LogP contribution is 2.37. The molecule has 0 heterocycles. The minimum Gasteiger partial charge on any atom is -0.493 e. The molecule has 1 N–H and O–H groups in total. The molecule has 0 fully saturated rings. The third-order valence-corrected chi connectivity index (χ3v) is 4.62. The van der Waals surface area contributed by atoms with Crippen LogP contribution in [0.1, 0.15) is 16.7 Å². The lowest BCUT2D eigenvalue weighted by Crippen LogP contribution is -2.12. The maximum absolute atomic E-state index is 6.45. The van der Waals surface area contributed by atoms with E-state index < -0.39 is 0 Å². The molecule has 0 saturated heterocycles. The average Bonchev–Trinajstić information content (AvgIpc) is 2.69. The molecule has 0 aromatic heterocycles. The number of hydrogen-bond donors (Lipinski definition) is 1. The Balaban J connectivity index is 0.00000280. The Morgan fingerprint density at radius 1 is 0.821 bits per heavy atom. The maximum atomic E-state index is 6.45. The van der Waals surface area contributed by atoms with Crippen LogP contribution < -0.4 is 14.8 Å². The van der Waals surface area contributed by atoms with Gasteiger partial charge >= 0.3 is 0 Å². The van der Waals surface area contributed by atoms with Gasteiger partial charge in [-0.1, -0.05) is 65.7 Å². The van der Waals surface area contributed by atoms with Crippen LogP contribution in [0.5, 0.6) is 11.5 Å². The van der Waals surface area contributed by atoms with Crippen LogP contribution in [0, 0.1) is 0 Å². The SMILES string of the molecule is COc1cc(CNCc2ccccc2)cc(Cl)c1OCc1ccc(Cl)cc1.Cl. The molecule has 0 aliphatic carbocycles. The summed E-state index contributed by atoms with van der Waals surface area (Å²) in [4.78, 5) is 0. The summed E-state index contributed by atoms with van der Waals surface area (Å²) >= 11 is 12.4. The highest BCUT2D eigenvalue weighted by Gasteiger charge is 2.12. The topological polar surface area (TPSA) is 30.5 Å². The van der Waals surface area contributed by atoms with Gasteiger partial charge in [-0.2, -0.15) is 0 Å². The smallest absolute Gasteiger partial charge is 0.180 e. The molecule has 0 bridgehead atoms. The highest BCUT2D eigenvalue weighted by atomic mass is 35.5. The van der Waals surface area contributed by atoms with E-state index in [1.54, 1.807) is 7.11 Å². The van der Waals surface area contributed by atoms with Crippen molar-refractivity contribution in [1.29, 1.82) is 0 Å². The van der Waals surface area contributed by atoms with E-state index in [0.717, 1.165) is 17.7 Å². The zero-order chi connectivity index (χ0) is 19.1. The molecule has 0 spiro atoms. The summed E-state index contributed by atoms with van der Waals surface area (Å²) in [5.74, 6) is 1.16. The van der Waals surface area contributed by atoms with Crippen molar-refractivity contribution in [2.24, 2.45) is 0 Å². The number of nitrogens with one attached hydrogen (secondary N) is 1. The zero-order valence-electron chi connectivity index (χ0n) is 15.5. The van der Waals surface area contributed by atoms with Crippen molar-refractivity contribution in [1.82, 2.24) is 5.32 Å². The van der Waals surface area contributed by atoms with Gasteiger partial charge in [0.05, 0.1) is 12.1 Å². The Hall–Kier alpha value is -1.91. The maximum Gasteiger partial charge on any atom is 0.180 e. The molecule has 0 atom stereocenters. The Morgan fingerprint density at radius 3 is 2.18 bits per heavy atom. The van der Waals surface area contributed by atoms with Crippen LogP contribution in [0.3, 0.4) is 0 Å². The van der Waals surface area contributed by atoms with Gasteiger partial charge in [-0.05, 0) is 41.0 Å². The first-order chi connectivity index (χ1) is 13.2. The van der Waals surface area contributed by atoms with Gasteiger partial charge in [0.15, 0.2) is 11.5 Å². The summed E-state index contributed by atoms with van der Waals surface area (Å²) in [5, 5.41) is 4.64. The van der Waals surface area contributed by atoms with Crippen molar-refractivity contribution in [2.75, 3.05) is 7.11 Å². The molecule has 148 valence electrons. The van der Waals surface area contributed by atoms with Crippen LogP contribution in [-0.2, 0) is 19.7 Å². The lowest BCUT2D eigenvalue weighted by Gasteiger charge is -2.15. The van der Waals surface area contributed by atoms with Gasteiger partial charge in [0, 0.05) is 18.1 Å².